The third kappa shape index (κ3) is 4.42. The molecule has 1 amide bonds. The van der Waals surface area contributed by atoms with Gasteiger partial charge in [-0.05, 0) is 44.5 Å². The van der Waals surface area contributed by atoms with Gasteiger partial charge in [-0.3, -0.25) is 9.78 Å². The van der Waals surface area contributed by atoms with E-state index >= 15 is 0 Å². The molecule has 0 aliphatic carbocycles. The van der Waals surface area contributed by atoms with Crippen molar-refractivity contribution in [1.29, 1.82) is 0 Å². The molecule has 0 spiro atoms. The van der Waals surface area contributed by atoms with E-state index in [4.69, 9.17) is 4.74 Å². The molecule has 144 valence electrons. The number of rotatable bonds is 4. The second-order valence-corrected chi connectivity index (χ2v) is 6.37. The van der Waals surface area contributed by atoms with Crippen LogP contribution in [0.2, 0.25) is 0 Å². The molecule has 0 N–H and O–H groups in total. The number of anilines is 1. The quantitative estimate of drug-likeness (QED) is 0.770. The highest BCUT2D eigenvalue weighted by atomic mass is 16.6. The molecule has 1 aliphatic rings. The third-order valence-corrected chi connectivity index (χ3v) is 4.56. The Morgan fingerprint density at radius 3 is 2.78 bits per heavy atom. The number of pyridine rings is 2. The van der Waals surface area contributed by atoms with Crippen molar-refractivity contribution < 1.29 is 15.8 Å². The third-order valence-electron chi connectivity index (χ3n) is 4.56. The normalized spacial score (nSPS) is 14.6. The Kier molecular flexibility index (Phi) is 6.01. The van der Waals surface area contributed by atoms with Crippen molar-refractivity contribution in [2.75, 3.05) is 37.7 Å². The molecule has 1 saturated heterocycles. The zero-order valence-electron chi connectivity index (χ0n) is 15.7. The Balaban J connectivity index is 0.00000280. The summed E-state index contributed by atoms with van der Waals surface area (Å²) in [6.45, 7) is 6.64. The van der Waals surface area contributed by atoms with E-state index in [-0.39, 0.29) is 13.3 Å². The van der Waals surface area contributed by atoms with Crippen molar-refractivity contribution in [3.63, 3.8) is 0 Å². The summed E-state index contributed by atoms with van der Waals surface area (Å²) in [6, 6.07) is 8.98. The van der Waals surface area contributed by atoms with Gasteiger partial charge in [0.05, 0.1) is 6.61 Å². The number of ether oxygens (including phenoxy) is 1. The first-order valence-electron chi connectivity index (χ1n) is 9.20. The molecule has 1 aliphatic heterocycles. The van der Waals surface area contributed by atoms with Crippen molar-refractivity contribution in [2.24, 2.45) is 0 Å². The molecule has 0 unspecified atom stereocenters. The molecular weight excluding hydrogens is 344 g/mol. The Bertz CT molecular complexity index is 831. The highest BCUT2D eigenvalue weighted by molar-refractivity contribution is 6.08. The van der Waals surface area contributed by atoms with E-state index in [0.29, 0.717) is 43.2 Å². The second-order valence-electron chi connectivity index (χ2n) is 6.37. The van der Waals surface area contributed by atoms with Gasteiger partial charge < -0.3 is 14.5 Å². The monoisotopic (exact) mass is 370 g/mol. The second kappa shape index (κ2) is 8.62. The van der Waals surface area contributed by atoms with Crippen LogP contribution in [0.5, 0.6) is 0 Å². The maximum atomic E-state index is 12.8. The van der Waals surface area contributed by atoms with E-state index < -0.39 is 0 Å². The molecule has 1 fully saturated rings. The number of nitrogens with zero attached hydrogens (tertiary/aromatic N) is 4. The van der Waals surface area contributed by atoms with Crippen LogP contribution in [0.25, 0.3) is 0 Å². The summed E-state index contributed by atoms with van der Waals surface area (Å²) in [7, 11) is 0. The Morgan fingerprint density at radius 1 is 1.15 bits per heavy atom. The Morgan fingerprint density at radius 2 is 2.00 bits per heavy atom. The van der Waals surface area contributed by atoms with Crippen molar-refractivity contribution in [2.45, 2.75) is 20.3 Å². The van der Waals surface area contributed by atoms with Gasteiger partial charge in [0, 0.05) is 45.1 Å². The molecule has 0 radical (unpaired) electrons. The van der Waals surface area contributed by atoms with Gasteiger partial charge in [0.25, 0.3) is 0 Å². The first kappa shape index (κ1) is 18.8. The van der Waals surface area contributed by atoms with Gasteiger partial charge in [0.2, 0.25) is 5.78 Å². The van der Waals surface area contributed by atoms with Crippen molar-refractivity contribution in [3.05, 3.63) is 53.5 Å². The van der Waals surface area contributed by atoms with Gasteiger partial charge in [-0.1, -0.05) is 6.07 Å². The smallest absolute Gasteiger partial charge is 0.409 e. The zero-order chi connectivity index (χ0) is 19.2. The average Bonchev–Trinajstić information content (AvgIpc) is 2.94. The highest BCUT2D eigenvalue weighted by Crippen LogP contribution is 2.17. The zero-order valence-corrected chi connectivity index (χ0v) is 15.7. The summed E-state index contributed by atoms with van der Waals surface area (Å²) in [5.41, 5.74) is 1.65. The van der Waals surface area contributed by atoms with E-state index in [1.165, 1.54) is 0 Å². The van der Waals surface area contributed by atoms with Crippen LogP contribution in [0, 0.1) is 6.92 Å². The molecule has 2 aromatic heterocycles. The van der Waals surface area contributed by atoms with Gasteiger partial charge in [-0.2, -0.15) is 0 Å². The molecule has 7 nitrogen and oxygen atoms in total. The van der Waals surface area contributed by atoms with Gasteiger partial charge in [-0.15, -0.1) is 0 Å². The van der Waals surface area contributed by atoms with Crippen molar-refractivity contribution in [3.8, 4) is 0 Å². The standard InChI is InChI=1S/C20H24N4O3.H2/c1-3-27-20(26)24-12-6-11-23(13-14-24)18-9-4-8-17(22-18)19(25)16-7-5-10-21-15(16)2;/h4-5,7-10H,3,6,11-14H2,1-2H3;1H. The molecule has 3 heterocycles. The number of carbonyl (C=O) groups excluding carboxylic acids is 2. The lowest BCUT2D eigenvalue weighted by Crippen LogP contribution is -2.35. The number of ketones is 1. The lowest BCUT2D eigenvalue weighted by Gasteiger charge is -2.22. The fourth-order valence-corrected chi connectivity index (χ4v) is 3.13. The topological polar surface area (TPSA) is 75.6 Å². The van der Waals surface area contributed by atoms with Crippen molar-refractivity contribution in [1.82, 2.24) is 14.9 Å². The summed E-state index contributed by atoms with van der Waals surface area (Å²) in [4.78, 5) is 37.3. The molecule has 0 atom stereocenters. The first-order valence-corrected chi connectivity index (χ1v) is 9.20. The van der Waals surface area contributed by atoms with Crippen LogP contribution in [-0.4, -0.2) is 59.5 Å². The van der Waals surface area contributed by atoms with E-state index in [2.05, 4.69) is 14.9 Å². The summed E-state index contributed by atoms with van der Waals surface area (Å²) < 4.78 is 5.09. The summed E-state index contributed by atoms with van der Waals surface area (Å²) in [5, 5.41) is 0. The van der Waals surface area contributed by atoms with E-state index in [1.807, 2.05) is 19.1 Å². The maximum Gasteiger partial charge on any atom is 0.409 e. The minimum atomic E-state index is -0.275. The lowest BCUT2D eigenvalue weighted by molar-refractivity contribution is 0.103. The van der Waals surface area contributed by atoms with Crippen LogP contribution in [0.3, 0.4) is 0 Å². The molecular formula is C20H26N4O3. The SMILES string of the molecule is CCOC(=O)N1CCCN(c2cccc(C(=O)c3cccnc3C)n2)CC1.[HH]. The minimum absolute atomic E-state index is 0. The summed E-state index contributed by atoms with van der Waals surface area (Å²) in [5.74, 6) is 0.610. The lowest BCUT2D eigenvalue weighted by atomic mass is 10.1. The number of amides is 1. The highest BCUT2D eigenvalue weighted by Gasteiger charge is 2.21. The van der Waals surface area contributed by atoms with Crippen LogP contribution in [0.15, 0.2) is 36.5 Å². The maximum absolute atomic E-state index is 12.8. The first-order chi connectivity index (χ1) is 13.1. The molecule has 7 heteroatoms. The van der Waals surface area contributed by atoms with E-state index in [0.717, 1.165) is 18.8 Å². The summed E-state index contributed by atoms with van der Waals surface area (Å²) in [6.07, 6.45) is 2.21. The number of aromatic nitrogens is 2. The molecule has 0 aromatic carbocycles. The Hall–Kier alpha value is -2.96. The molecule has 27 heavy (non-hydrogen) atoms. The van der Waals surface area contributed by atoms with Gasteiger partial charge >= 0.3 is 6.09 Å². The number of hydrogen-bond acceptors (Lipinski definition) is 6. The number of aryl methyl sites for hydroxylation is 1. The van der Waals surface area contributed by atoms with Crippen LogP contribution >= 0.6 is 0 Å². The van der Waals surface area contributed by atoms with Crippen LogP contribution in [0.1, 0.15) is 36.5 Å². The fraction of sp³-hybridized carbons (Fsp3) is 0.400. The predicted molar refractivity (Wildman–Crippen MR) is 104 cm³/mol. The van der Waals surface area contributed by atoms with Gasteiger partial charge in [0.15, 0.2) is 0 Å². The van der Waals surface area contributed by atoms with E-state index in [9.17, 15) is 9.59 Å². The molecule has 0 saturated carbocycles. The van der Waals surface area contributed by atoms with Gasteiger partial charge in [0.1, 0.15) is 11.5 Å². The van der Waals surface area contributed by atoms with Crippen LogP contribution in [-0.2, 0) is 4.74 Å². The fourth-order valence-electron chi connectivity index (χ4n) is 3.13. The predicted octanol–water partition coefficient (Wildman–Crippen LogP) is 2.93. The molecule has 0 bridgehead atoms. The number of carbonyl (C=O) groups is 2. The largest absolute Gasteiger partial charge is 0.450 e. The minimum Gasteiger partial charge on any atom is -0.450 e. The summed E-state index contributed by atoms with van der Waals surface area (Å²) >= 11 is 0. The number of hydrogen-bond donors (Lipinski definition) is 0. The average molecular weight is 370 g/mol. The van der Waals surface area contributed by atoms with Gasteiger partial charge in [-0.25, -0.2) is 9.78 Å². The van der Waals surface area contributed by atoms with Crippen LogP contribution < -0.4 is 4.90 Å². The molecule has 3 rings (SSSR count). The Labute approximate surface area is 160 Å². The van der Waals surface area contributed by atoms with Crippen LogP contribution in [0.4, 0.5) is 10.6 Å². The van der Waals surface area contributed by atoms with E-state index in [1.54, 1.807) is 36.2 Å². The van der Waals surface area contributed by atoms with Crippen molar-refractivity contribution >= 4 is 17.7 Å². The molecule has 2 aromatic rings.